The highest BCUT2D eigenvalue weighted by Gasteiger charge is 2.50. The summed E-state index contributed by atoms with van der Waals surface area (Å²) in [6.45, 7) is 0. The second-order valence-electron chi connectivity index (χ2n) is 16.8. The number of fused-ring (bicyclic) bond motifs is 15. The van der Waals surface area contributed by atoms with E-state index in [1.165, 1.54) is 48.6 Å². The predicted molar refractivity (Wildman–Crippen MR) is 263 cm³/mol. The van der Waals surface area contributed by atoms with Gasteiger partial charge >= 0.3 is 0 Å². The second-order valence-corrected chi connectivity index (χ2v) is 17.9. The first kappa shape index (κ1) is 36.3. The van der Waals surface area contributed by atoms with Gasteiger partial charge in [0.1, 0.15) is 11.2 Å². The maximum atomic E-state index is 6.28. The molecule has 14 rings (SSSR count). The normalized spacial score (nSPS) is 13.3. The highest BCUT2D eigenvalue weighted by molar-refractivity contribution is 7.99. The van der Waals surface area contributed by atoms with Crippen LogP contribution >= 0.6 is 11.8 Å². The molecule has 3 aromatic heterocycles. The Kier molecular flexibility index (Phi) is 7.77. The van der Waals surface area contributed by atoms with Gasteiger partial charge in [0.05, 0.1) is 16.6 Å². The molecule has 302 valence electrons. The molecule has 0 saturated heterocycles. The lowest BCUT2D eigenvalue weighted by Crippen LogP contribution is -2.32. The van der Waals surface area contributed by atoms with Crippen LogP contribution in [-0.4, -0.2) is 19.9 Å². The van der Waals surface area contributed by atoms with Gasteiger partial charge in [-0.3, -0.25) is 0 Å². The van der Waals surface area contributed by atoms with E-state index in [1.54, 1.807) is 0 Å². The molecule has 0 saturated carbocycles. The third-order valence-electron chi connectivity index (χ3n) is 13.4. The van der Waals surface area contributed by atoms with Gasteiger partial charge in [-0.2, -0.15) is 0 Å². The average Bonchev–Trinajstić information content (AvgIpc) is 3.90. The smallest absolute Gasteiger partial charge is 0.164 e. The van der Waals surface area contributed by atoms with E-state index in [9.17, 15) is 0 Å². The third-order valence-corrected chi connectivity index (χ3v) is 14.5. The number of furan rings is 1. The molecule has 5 nitrogen and oxygen atoms in total. The van der Waals surface area contributed by atoms with Crippen molar-refractivity contribution in [3.63, 3.8) is 0 Å². The van der Waals surface area contributed by atoms with E-state index >= 15 is 0 Å². The standard InChI is InChI=1S/C59H34N4OS/c1-2-15-36(16-3-1)56-61-57(63-58(62-56)42-21-14-27-51-54(42)41-20-7-12-26-50(41)64-51)37-31-29-35(30-32-37)55-44-34-53-48(33-43(44)40-19-6-11-25-49(40)60-55)59(47-24-10-13-28-52(47)65-53)45-22-8-4-17-38(45)39-18-5-9-23-46(39)59/h1-34H. The van der Waals surface area contributed by atoms with Gasteiger partial charge in [0, 0.05) is 53.6 Å². The van der Waals surface area contributed by atoms with Gasteiger partial charge in [-0.25, -0.2) is 19.9 Å². The number of para-hydroxylation sites is 2. The number of rotatable bonds is 4. The molecule has 0 fully saturated rings. The molecule has 65 heavy (non-hydrogen) atoms. The molecular formula is C59H34N4OS. The summed E-state index contributed by atoms with van der Waals surface area (Å²) < 4.78 is 6.28. The number of benzene rings is 9. The topological polar surface area (TPSA) is 64.7 Å². The first-order valence-electron chi connectivity index (χ1n) is 21.9. The number of hydrogen-bond donors (Lipinski definition) is 0. The minimum Gasteiger partial charge on any atom is -0.456 e. The maximum absolute atomic E-state index is 6.28. The Hall–Kier alpha value is -8.19. The molecule has 1 aliphatic heterocycles. The van der Waals surface area contributed by atoms with E-state index in [-0.39, 0.29) is 0 Å². The molecule has 0 amide bonds. The Morgan fingerprint density at radius 3 is 1.72 bits per heavy atom. The van der Waals surface area contributed by atoms with Crippen LogP contribution in [0.2, 0.25) is 0 Å². The summed E-state index contributed by atoms with van der Waals surface area (Å²) in [5, 5.41) is 5.45. The molecule has 0 N–H and O–H groups in total. The molecular weight excluding hydrogens is 813 g/mol. The van der Waals surface area contributed by atoms with Crippen LogP contribution in [0.3, 0.4) is 0 Å². The van der Waals surface area contributed by atoms with E-state index in [2.05, 4.69) is 146 Å². The van der Waals surface area contributed by atoms with Gasteiger partial charge in [0.2, 0.25) is 0 Å². The lowest BCUT2D eigenvalue weighted by atomic mass is 9.67. The Morgan fingerprint density at radius 2 is 0.938 bits per heavy atom. The summed E-state index contributed by atoms with van der Waals surface area (Å²) in [7, 11) is 0. The van der Waals surface area contributed by atoms with Crippen molar-refractivity contribution in [1.82, 2.24) is 19.9 Å². The minimum absolute atomic E-state index is 0.469. The molecule has 0 radical (unpaired) electrons. The second kappa shape index (κ2) is 13.9. The zero-order chi connectivity index (χ0) is 42.6. The summed E-state index contributed by atoms with van der Waals surface area (Å²) in [6.07, 6.45) is 0. The first-order valence-corrected chi connectivity index (χ1v) is 22.7. The largest absolute Gasteiger partial charge is 0.456 e. The van der Waals surface area contributed by atoms with Crippen LogP contribution in [0.15, 0.2) is 220 Å². The monoisotopic (exact) mass is 846 g/mol. The fraction of sp³-hybridized carbons (Fsp3) is 0.0169. The maximum Gasteiger partial charge on any atom is 0.164 e. The van der Waals surface area contributed by atoms with E-state index in [0.717, 1.165) is 66.2 Å². The third kappa shape index (κ3) is 5.29. The van der Waals surface area contributed by atoms with Crippen molar-refractivity contribution in [3.05, 3.63) is 229 Å². The van der Waals surface area contributed by atoms with E-state index in [0.29, 0.717) is 17.5 Å². The molecule has 6 heteroatoms. The molecule has 0 bridgehead atoms. The average molecular weight is 847 g/mol. The van der Waals surface area contributed by atoms with E-state index < -0.39 is 5.41 Å². The number of pyridine rings is 1. The quantitative estimate of drug-likeness (QED) is 0.164. The molecule has 2 aliphatic rings. The summed E-state index contributed by atoms with van der Waals surface area (Å²) in [6, 6.07) is 73.3. The molecule has 0 unspecified atom stereocenters. The van der Waals surface area contributed by atoms with Crippen LogP contribution in [0.4, 0.5) is 0 Å². The molecule has 4 heterocycles. The van der Waals surface area contributed by atoms with Crippen LogP contribution in [-0.2, 0) is 5.41 Å². The lowest BCUT2D eigenvalue weighted by Gasteiger charge is -2.40. The van der Waals surface area contributed by atoms with Crippen molar-refractivity contribution >= 4 is 55.4 Å². The van der Waals surface area contributed by atoms with Crippen LogP contribution in [0.5, 0.6) is 0 Å². The van der Waals surface area contributed by atoms with Crippen molar-refractivity contribution in [3.8, 4) is 56.5 Å². The summed E-state index contributed by atoms with van der Waals surface area (Å²) >= 11 is 1.86. The highest BCUT2D eigenvalue weighted by atomic mass is 32.2. The Balaban J connectivity index is 0.957. The van der Waals surface area contributed by atoms with Crippen LogP contribution in [0, 0.1) is 0 Å². The number of aromatic nitrogens is 4. The Morgan fingerprint density at radius 1 is 0.354 bits per heavy atom. The zero-order valence-corrected chi connectivity index (χ0v) is 35.6. The molecule has 0 atom stereocenters. The van der Waals surface area contributed by atoms with Crippen LogP contribution < -0.4 is 0 Å². The fourth-order valence-corrected chi connectivity index (χ4v) is 11.8. The molecule has 1 spiro atoms. The number of nitrogens with zero attached hydrogens (tertiary/aromatic N) is 4. The Bertz CT molecular complexity index is 3890. The first-order chi connectivity index (χ1) is 32.2. The van der Waals surface area contributed by atoms with Crippen molar-refractivity contribution in [2.45, 2.75) is 15.2 Å². The van der Waals surface area contributed by atoms with Gasteiger partial charge in [-0.05, 0) is 75.2 Å². The SMILES string of the molecule is c1ccc(-c2nc(-c3ccc(-c4nc5ccccc5c5cc6c(cc45)Sc4ccccc4C64c5ccccc5-c5ccccc54)cc3)nc(-c3cccc4oc5ccccc5c34)n2)cc1. The van der Waals surface area contributed by atoms with E-state index in [1.807, 2.05) is 72.4 Å². The van der Waals surface area contributed by atoms with Crippen LogP contribution in [0.25, 0.3) is 100 Å². The lowest BCUT2D eigenvalue weighted by molar-refractivity contribution is 0.669. The van der Waals surface area contributed by atoms with E-state index in [4.69, 9.17) is 24.4 Å². The summed E-state index contributed by atoms with van der Waals surface area (Å²) in [4.78, 5) is 23.3. The predicted octanol–water partition coefficient (Wildman–Crippen LogP) is 15.0. The van der Waals surface area contributed by atoms with Crippen molar-refractivity contribution < 1.29 is 4.42 Å². The Labute approximate surface area is 378 Å². The van der Waals surface area contributed by atoms with Gasteiger partial charge in [0.25, 0.3) is 0 Å². The van der Waals surface area contributed by atoms with Crippen LogP contribution in [0.1, 0.15) is 22.3 Å². The van der Waals surface area contributed by atoms with Gasteiger partial charge in [-0.1, -0.05) is 182 Å². The highest BCUT2D eigenvalue weighted by Crippen LogP contribution is 2.62. The molecule has 9 aromatic carbocycles. The van der Waals surface area contributed by atoms with Crippen molar-refractivity contribution in [1.29, 1.82) is 0 Å². The van der Waals surface area contributed by atoms with Crippen molar-refractivity contribution in [2.24, 2.45) is 0 Å². The molecule has 1 aliphatic carbocycles. The summed E-state index contributed by atoms with van der Waals surface area (Å²) in [5.74, 6) is 1.79. The fourth-order valence-electron chi connectivity index (χ4n) is 10.6. The van der Waals surface area contributed by atoms with Gasteiger partial charge in [-0.15, -0.1) is 0 Å². The number of hydrogen-bond acceptors (Lipinski definition) is 6. The molecule has 12 aromatic rings. The van der Waals surface area contributed by atoms with Gasteiger partial charge in [0.15, 0.2) is 17.5 Å². The van der Waals surface area contributed by atoms with Crippen molar-refractivity contribution in [2.75, 3.05) is 0 Å². The van der Waals surface area contributed by atoms with Gasteiger partial charge < -0.3 is 4.42 Å². The zero-order valence-electron chi connectivity index (χ0n) is 34.7. The summed E-state index contributed by atoms with van der Waals surface area (Å²) in [5.41, 5.74) is 14.7. The minimum atomic E-state index is -0.469.